The van der Waals surface area contributed by atoms with E-state index in [0.717, 1.165) is 0 Å². The van der Waals surface area contributed by atoms with Crippen LogP contribution in [0, 0.1) is 0 Å². The first-order valence-corrected chi connectivity index (χ1v) is 14.7. The standard InChI is InChI=1S/C21H18F27O3P/c22-13(23,24)10(14(25,26)27,15(28,29)30)49-4-1-7-52(8-2-5-50-11(16(31,32)33,17(34,35)36)18(37,38)39)9-3-6-51-12(19(40,41)42,20(43,44)45)21(46,47)48/h1-9H2. The number of rotatable bonds is 15. The van der Waals surface area contributed by atoms with E-state index in [2.05, 4.69) is 14.2 Å². The van der Waals surface area contributed by atoms with Gasteiger partial charge in [0.1, 0.15) is 0 Å². The Morgan fingerprint density at radius 3 is 0.500 bits per heavy atom. The van der Waals surface area contributed by atoms with Gasteiger partial charge in [-0.25, -0.2) is 0 Å². The Morgan fingerprint density at radius 1 is 0.250 bits per heavy atom. The summed E-state index contributed by atoms with van der Waals surface area (Å²) in [5.41, 5.74) is -20.7. The van der Waals surface area contributed by atoms with Gasteiger partial charge in [0.15, 0.2) is 0 Å². The van der Waals surface area contributed by atoms with Crippen molar-refractivity contribution in [2.24, 2.45) is 0 Å². The quantitative estimate of drug-likeness (QED) is 0.0933. The second-order valence-corrected chi connectivity index (χ2v) is 12.7. The summed E-state index contributed by atoms with van der Waals surface area (Å²) in [5, 5.41) is 0. The minimum absolute atomic E-state index is 1.20. The molecule has 52 heavy (non-hydrogen) atoms. The summed E-state index contributed by atoms with van der Waals surface area (Å²) in [6.45, 7) is -6.74. The lowest BCUT2D eigenvalue weighted by Crippen LogP contribution is -2.67. The maximum absolute atomic E-state index is 13.0. The van der Waals surface area contributed by atoms with E-state index in [1.807, 2.05) is 0 Å². The van der Waals surface area contributed by atoms with E-state index in [4.69, 9.17) is 0 Å². The summed E-state index contributed by atoms with van der Waals surface area (Å²) in [4.78, 5) is 0. The van der Waals surface area contributed by atoms with Gasteiger partial charge in [0.2, 0.25) is 0 Å². The van der Waals surface area contributed by atoms with Crippen LogP contribution in [0.5, 0.6) is 0 Å². The van der Waals surface area contributed by atoms with Crippen molar-refractivity contribution < 1.29 is 133 Å². The van der Waals surface area contributed by atoms with Gasteiger partial charge in [-0.15, -0.1) is 7.92 Å². The molecule has 0 bridgehead atoms. The van der Waals surface area contributed by atoms with Gasteiger partial charge in [-0.1, -0.05) is 0 Å². The van der Waals surface area contributed by atoms with Crippen LogP contribution in [0.3, 0.4) is 0 Å². The molecule has 0 heterocycles. The van der Waals surface area contributed by atoms with Crippen molar-refractivity contribution in [3.63, 3.8) is 0 Å². The van der Waals surface area contributed by atoms with Crippen LogP contribution in [-0.2, 0) is 14.2 Å². The SMILES string of the molecule is FC(F)(F)C(OCCCP(CCCOC(C(F)(F)F)(C(F)(F)F)C(F)(F)F)CCCOC(C(F)(F)F)(C(F)(F)F)C(F)(F)F)(C(F)(F)F)C(F)(F)F. The number of alkyl halides is 27. The lowest BCUT2D eigenvalue weighted by atomic mass is 10.0. The third-order valence-electron chi connectivity index (χ3n) is 6.40. The van der Waals surface area contributed by atoms with Gasteiger partial charge in [0, 0.05) is 19.8 Å². The normalized spacial score (nSPS) is 15.9. The first-order chi connectivity index (χ1) is 22.5. The molecule has 0 aliphatic carbocycles. The molecule has 0 aromatic heterocycles. The zero-order chi connectivity index (χ0) is 42.1. The minimum Gasteiger partial charge on any atom is -0.351 e. The van der Waals surface area contributed by atoms with Crippen molar-refractivity contribution >= 4 is 7.92 Å². The largest absolute Gasteiger partial charge is 0.435 e. The van der Waals surface area contributed by atoms with Crippen molar-refractivity contribution in [3.05, 3.63) is 0 Å². The third kappa shape index (κ3) is 10.2. The van der Waals surface area contributed by atoms with Gasteiger partial charge in [0.05, 0.1) is 0 Å². The molecular weight excluding hydrogens is 844 g/mol. The fraction of sp³-hybridized carbons (Fsp3) is 1.00. The third-order valence-corrected chi connectivity index (χ3v) is 9.25. The summed E-state index contributed by atoms with van der Waals surface area (Å²) in [6.07, 6.45) is -73.7. The molecule has 0 spiro atoms. The fourth-order valence-electron chi connectivity index (χ4n) is 4.06. The van der Waals surface area contributed by atoms with E-state index in [-0.39, 0.29) is 0 Å². The molecule has 0 fully saturated rings. The zero-order valence-corrected chi connectivity index (χ0v) is 25.1. The van der Waals surface area contributed by atoms with Crippen molar-refractivity contribution in [1.29, 1.82) is 0 Å². The van der Waals surface area contributed by atoms with E-state index in [0.29, 0.717) is 0 Å². The Kier molecular flexibility index (Phi) is 15.4. The van der Waals surface area contributed by atoms with Gasteiger partial charge in [-0.2, -0.15) is 119 Å². The van der Waals surface area contributed by atoms with E-state index in [1.165, 1.54) is 0 Å². The van der Waals surface area contributed by atoms with Gasteiger partial charge >= 0.3 is 72.4 Å². The van der Waals surface area contributed by atoms with Crippen LogP contribution < -0.4 is 0 Å². The van der Waals surface area contributed by atoms with Crippen molar-refractivity contribution in [2.45, 2.75) is 91.7 Å². The molecule has 0 rings (SSSR count). The first kappa shape index (κ1) is 50.4. The molecule has 0 aliphatic heterocycles. The average Bonchev–Trinajstić information content (AvgIpc) is 2.80. The van der Waals surface area contributed by atoms with Crippen molar-refractivity contribution in [2.75, 3.05) is 38.3 Å². The number of hydrogen-bond donors (Lipinski definition) is 0. The van der Waals surface area contributed by atoms with Crippen LogP contribution in [0.25, 0.3) is 0 Å². The van der Waals surface area contributed by atoms with Crippen LogP contribution in [-0.4, -0.2) is 111 Å². The Labute approximate surface area is 271 Å². The maximum atomic E-state index is 13.0. The summed E-state index contributed by atoms with van der Waals surface area (Å²) < 4.78 is 360. The van der Waals surface area contributed by atoms with Gasteiger partial charge in [0.25, 0.3) is 0 Å². The highest BCUT2D eigenvalue weighted by atomic mass is 31.1. The Bertz CT molecular complexity index is 855. The predicted molar refractivity (Wildman–Crippen MR) is 116 cm³/mol. The van der Waals surface area contributed by atoms with Crippen molar-refractivity contribution in [3.8, 4) is 0 Å². The molecule has 0 aromatic carbocycles. The van der Waals surface area contributed by atoms with Crippen LogP contribution in [0.1, 0.15) is 19.3 Å². The highest BCUT2D eigenvalue weighted by Gasteiger charge is 2.87. The number of ether oxygens (including phenoxy) is 3. The summed E-state index contributed by atoms with van der Waals surface area (Å²) in [7, 11) is -2.73. The molecule has 0 unspecified atom stereocenters. The van der Waals surface area contributed by atoms with E-state index >= 15 is 0 Å². The predicted octanol–water partition coefficient (Wildman–Crippen LogP) is 11.0. The second-order valence-electron chi connectivity index (χ2n) is 9.97. The lowest BCUT2D eigenvalue weighted by Gasteiger charge is -2.38. The van der Waals surface area contributed by atoms with Gasteiger partial charge in [-0.05, 0) is 37.7 Å². The Balaban J connectivity index is 6.32. The molecule has 0 saturated heterocycles. The molecule has 0 N–H and O–H groups in total. The summed E-state index contributed by atoms with van der Waals surface area (Å²) >= 11 is 0. The molecule has 31 heteroatoms. The summed E-state index contributed by atoms with van der Waals surface area (Å²) in [6, 6.07) is 0. The van der Waals surface area contributed by atoms with Crippen LogP contribution >= 0.6 is 7.92 Å². The molecular formula is C21H18F27O3P. The Hall–Kier alpha value is -1.58. The molecule has 0 amide bonds. The van der Waals surface area contributed by atoms with Crippen molar-refractivity contribution in [1.82, 2.24) is 0 Å². The fourth-order valence-corrected chi connectivity index (χ4v) is 6.46. The molecule has 314 valence electrons. The lowest BCUT2D eigenvalue weighted by molar-refractivity contribution is -0.458. The minimum atomic E-state index is -7.30. The highest BCUT2D eigenvalue weighted by molar-refractivity contribution is 7.57. The molecule has 0 atom stereocenters. The van der Waals surface area contributed by atoms with E-state index in [9.17, 15) is 119 Å². The first-order valence-electron chi connectivity index (χ1n) is 12.8. The zero-order valence-electron chi connectivity index (χ0n) is 24.2. The maximum Gasteiger partial charge on any atom is 0.435 e. The monoisotopic (exact) mass is 862 g/mol. The molecule has 0 aromatic rings. The van der Waals surface area contributed by atoms with Crippen LogP contribution in [0.2, 0.25) is 0 Å². The van der Waals surface area contributed by atoms with Crippen LogP contribution in [0.15, 0.2) is 0 Å². The topological polar surface area (TPSA) is 27.7 Å². The molecule has 3 nitrogen and oxygen atoms in total. The highest BCUT2D eigenvalue weighted by Crippen LogP contribution is 2.58. The van der Waals surface area contributed by atoms with Gasteiger partial charge < -0.3 is 14.2 Å². The molecule has 0 saturated carbocycles. The van der Waals surface area contributed by atoms with E-state index < -0.39 is 138 Å². The average molecular weight is 862 g/mol. The molecule has 0 radical (unpaired) electrons. The van der Waals surface area contributed by atoms with E-state index in [1.54, 1.807) is 0 Å². The van der Waals surface area contributed by atoms with Gasteiger partial charge in [-0.3, -0.25) is 0 Å². The Morgan fingerprint density at radius 2 is 0.385 bits per heavy atom. The molecule has 0 aliphatic rings. The second kappa shape index (κ2) is 15.9. The number of halogens is 27. The number of hydrogen-bond acceptors (Lipinski definition) is 3. The smallest absolute Gasteiger partial charge is 0.351 e. The van der Waals surface area contributed by atoms with Crippen LogP contribution in [0.4, 0.5) is 119 Å². The summed E-state index contributed by atoms with van der Waals surface area (Å²) in [5.74, 6) is 0.